The van der Waals surface area contributed by atoms with Gasteiger partial charge in [0.2, 0.25) is 0 Å². The van der Waals surface area contributed by atoms with Gasteiger partial charge in [0.15, 0.2) is 0 Å². The van der Waals surface area contributed by atoms with Gasteiger partial charge in [-0.25, -0.2) is 0 Å². The molecule has 0 radical (unpaired) electrons. The summed E-state index contributed by atoms with van der Waals surface area (Å²) >= 11 is 0. The molecule has 614 valence electrons. The Bertz CT molecular complexity index is 2920. The third-order valence-corrected chi connectivity index (χ3v) is 98.6. The van der Waals surface area contributed by atoms with Crippen LogP contribution in [-0.4, -0.2) is 141 Å². The van der Waals surface area contributed by atoms with Gasteiger partial charge < -0.3 is 98.8 Å². The van der Waals surface area contributed by atoms with Gasteiger partial charge in [0.05, 0.1) is 0 Å². The number of hydrogen-bond acceptors (Lipinski definition) is 24. The van der Waals surface area contributed by atoms with E-state index >= 15 is 0 Å². The van der Waals surface area contributed by atoms with Crippen LogP contribution in [0.3, 0.4) is 0 Å². The number of hydrogen-bond donors (Lipinski definition) is 0. The lowest BCUT2D eigenvalue weighted by Crippen LogP contribution is -2.90. The summed E-state index contributed by atoms with van der Waals surface area (Å²) in [7, 11) is -68.0. The highest BCUT2D eigenvalue weighted by molar-refractivity contribution is 7.07. The summed E-state index contributed by atoms with van der Waals surface area (Å²) in [5, 5.41) is 1.31. The zero-order valence-corrected chi connectivity index (χ0v) is 86.4. The van der Waals surface area contributed by atoms with Crippen molar-refractivity contribution < 1.29 is 98.8 Å². The SMILES string of the molecule is CC(C)C[Si]12O[Si]3(CC(C)C)O[Si]4(CC(C)C)O[Si](CC(C)C)(O1)O[Si]1(CC(C)C)O[Si](CC(C)C)(O2)O[Si](CC(C)C)(O3)O[Si](c2ccc(-c3ccc([Si]56O[Si]7(CC(C)C)O[Si]8(CC(C)C)O[Si]9(CC(C)C)O[Si](CC(C)C)(O7)O[Si](CC(C)C)(O[Si](CC(C)C)(O9)O[Si](CC(C)C)(O8)O5)O6)cc3)cc2)(O4)O1. The van der Waals surface area contributed by atoms with E-state index in [1.54, 1.807) is 0 Å². The third-order valence-electron chi connectivity index (χ3n) is 19.4. The summed E-state index contributed by atoms with van der Waals surface area (Å²) in [5.74, 6) is 0.204. The molecule has 2 aromatic carbocycles. The Hall–Kier alpha value is 0.950. The minimum Gasteiger partial charge on any atom is -0.373 e. The zero-order valence-electron chi connectivity index (χ0n) is 70.4. The van der Waals surface area contributed by atoms with Crippen molar-refractivity contribution in [3.05, 3.63) is 48.5 Å². The first-order chi connectivity index (χ1) is 50.0. The summed E-state index contributed by atoms with van der Waals surface area (Å²) < 4.78 is 195. The van der Waals surface area contributed by atoms with E-state index in [2.05, 4.69) is 242 Å². The normalized spacial score (nSPS) is 40.9. The van der Waals surface area contributed by atoms with Crippen molar-refractivity contribution in [1.29, 1.82) is 0 Å². The van der Waals surface area contributed by atoms with Crippen LogP contribution < -0.4 is 10.4 Å². The molecule has 40 heteroatoms. The van der Waals surface area contributed by atoms with Gasteiger partial charge in [0, 0.05) is 95.0 Å². The van der Waals surface area contributed by atoms with Crippen LogP contribution in [0.15, 0.2) is 48.5 Å². The molecule has 108 heavy (non-hydrogen) atoms. The molecule has 0 saturated carbocycles. The maximum absolute atomic E-state index is 8.28. The van der Waals surface area contributed by atoms with Gasteiger partial charge in [-0.05, 0) is 94.0 Å². The average Bonchev–Trinajstić information content (AvgIpc) is 0.686. The second-order valence-corrected chi connectivity index (χ2v) is 86.5. The van der Waals surface area contributed by atoms with Gasteiger partial charge in [-0.15, -0.1) is 0 Å². The second-order valence-electron chi connectivity index (χ2n) is 38.7. The Balaban J connectivity index is 1.06. The number of rotatable bonds is 31. The van der Waals surface area contributed by atoms with Crippen molar-refractivity contribution in [2.75, 3.05) is 0 Å². The fourth-order valence-electron chi connectivity index (χ4n) is 17.3. The molecule has 0 aromatic heterocycles. The molecule has 14 rings (SSSR count). The Morgan fingerprint density at radius 3 is 0.333 bits per heavy atom. The lowest BCUT2D eigenvalue weighted by atomic mass is 10.1. The molecule has 12 aliphatic heterocycles. The first-order valence-electron chi connectivity index (χ1n) is 41.0. The van der Waals surface area contributed by atoms with E-state index in [0.29, 0.717) is 95.0 Å². The summed E-state index contributed by atoms with van der Waals surface area (Å²) in [6, 6.07) is 22.2. The minimum atomic E-state index is -4.61. The largest absolute Gasteiger partial charge is 0.515 e. The smallest absolute Gasteiger partial charge is 0.373 e. The molecule has 0 aliphatic carbocycles. The van der Waals surface area contributed by atoms with Crippen LogP contribution in [0.25, 0.3) is 11.1 Å². The molecule has 12 heterocycles. The molecule has 0 amide bonds. The van der Waals surface area contributed by atoms with Gasteiger partial charge in [-0.2, -0.15) is 0 Å². The van der Waals surface area contributed by atoms with Gasteiger partial charge in [0.1, 0.15) is 0 Å². The molecule has 0 atom stereocenters. The summed E-state index contributed by atoms with van der Waals surface area (Å²) in [6.07, 6.45) is 0. The first-order valence-corrected chi connectivity index (χ1v) is 71.5. The predicted molar refractivity (Wildman–Crippen MR) is 444 cm³/mol. The quantitative estimate of drug-likeness (QED) is 0.0640. The van der Waals surface area contributed by atoms with Gasteiger partial charge in [0.25, 0.3) is 0 Å². The van der Waals surface area contributed by atoms with Crippen LogP contribution in [-0.2, 0) is 98.8 Å². The Kier molecular flexibility index (Phi) is 26.0. The maximum Gasteiger partial charge on any atom is 0.515 e. The molecule has 0 N–H and O–H groups in total. The molecule has 24 nitrogen and oxygen atoms in total. The van der Waals surface area contributed by atoms with Gasteiger partial charge >= 0.3 is 141 Å². The van der Waals surface area contributed by atoms with Gasteiger partial charge in [-0.3, -0.25) is 0 Å². The highest BCUT2D eigenvalue weighted by Gasteiger charge is 2.87. The van der Waals surface area contributed by atoms with Crippen LogP contribution in [0, 0.1) is 82.9 Å². The molecular weight excluding hydrogens is 1650 g/mol. The standard InChI is InChI=1S/C68H134O24Si16/c1-51(2)37-93-69-95(39-53(5)6)75-101(45-59(17)18)77-96(70-93,40-54(7)8)79-103(47-61(21)22)80-97(71-93,41-55(9)10)78-102(76-95,46-60(19)20)88-107(87-101,89-103)67-33-29-65(30-34-67)66-31-35-68(36-32-66)108-90-104(48-62(23)24)81-98(42-56(11)12)72-94(38-52(3)4)73-99(83-104,43-57(13)14)85-106(92-108,50-64(27)28)86-100(74-94,44-58(15)16)84-105(82-98,91-108)49-63(25)26/h29-36,51-64H,37-50H2,1-28H3. The fraction of sp³-hybridized carbons (Fsp3) is 0.824. The molecule has 2 aromatic rings. The summed E-state index contributed by atoms with van der Waals surface area (Å²) in [6.45, 7) is 60.8. The Morgan fingerprint density at radius 2 is 0.241 bits per heavy atom. The average molecular weight is 1790 g/mol. The molecule has 16 bridgehead atoms. The molecular formula is C68H134O24Si16. The highest BCUT2D eigenvalue weighted by atomic mass is 28.6. The Labute approximate surface area is 666 Å². The van der Waals surface area contributed by atoms with E-state index in [1.165, 1.54) is 0 Å². The van der Waals surface area contributed by atoms with Gasteiger partial charge in [-0.1, -0.05) is 242 Å². The van der Waals surface area contributed by atoms with E-state index in [9.17, 15) is 0 Å². The molecule has 12 fully saturated rings. The van der Waals surface area contributed by atoms with E-state index < -0.39 is 141 Å². The molecule has 0 spiro atoms. The maximum atomic E-state index is 8.28. The lowest BCUT2D eigenvalue weighted by Gasteiger charge is -2.64. The topological polar surface area (TPSA) is 222 Å². The molecule has 12 saturated heterocycles. The predicted octanol–water partition coefficient (Wildman–Crippen LogP) is 16.5. The van der Waals surface area contributed by atoms with E-state index in [1.807, 2.05) is 0 Å². The minimum absolute atomic E-state index is 0.0124. The van der Waals surface area contributed by atoms with E-state index in [-0.39, 0.29) is 82.9 Å². The van der Waals surface area contributed by atoms with Crippen LogP contribution in [0.5, 0.6) is 0 Å². The second kappa shape index (κ2) is 31.8. The highest BCUT2D eigenvalue weighted by Crippen LogP contribution is 2.59. The molecule has 0 unspecified atom stereocenters. The monoisotopic (exact) mass is 1780 g/mol. The van der Waals surface area contributed by atoms with E-state index in [0.717, 1.165) is 11.1 Å². The fourth-order valence-corrected chi connectivity index (χ4v) is 119. The van der Waals surface area contributed by atoms with Crippen molar-refractivity contribution in [3.63, 3.8) is 0 Å². The van der Waals surface area contributed by atoms with Crippen molar-refractivity contribution >= 4 is 151 Å². The van der Waals surface area contributed by atoms with Crippen LogP contribution in [0.1, 0.15) is 194 Å². The lowest BCUT2D eigenvalue weighted by molar-refractivity contribution is -0.0364. The zero-order chi connectivity index (χ0) is 78.9. The van der Waals surface area contributed by atoms with Crippen LogP contribution in [0.2, 0.25) is 84.6 Å². The van der Waals surface area contributed by atoms with Crippen LogP contribution >= 0.6 is 0 Å². The van der Waals surface area contributed by atoms with Crippen molar-refractivity contribution in [1.82, 2.24) is 0 Å². The van der Waals surface area contributed by atoms with Crippen LogP contribution in [0.4, 0.5) is 0 Å². The summed E-state index contributed by atoms with van der Waals surface area (Å²) in [4.78, 5) is 0. The Morgan fingerprint density at radius 1 is 0.148 bits per heavy atom. The summed E-state index contributed by atoms with van der Waals surface area (Å²) in [5.41, 5.74) is 1.77. The van der Waals surface area contributed by atoms with Crippen molar-refractivity contribution in [3.8, 4) is 11.1 Å². The number of benzene rings is 2. The van der Waals surface area contributed by atoms with Crippen molar-refractivity contribution in [2.45, 2.75) is 278 Å². The third kappa shape index (κ3) is 19.1. The first kappa shape index (κ1) is 88.2. The molecule has 12 aliphatic rings. The van der Waals surface area contributed by atoms with Crippen molar-refractivity contribution in [2.24, 2.45) is 82.9 Å². The van der Waals surface area contributed by atoms with E-state index in [4.69, 9.17) is 98.8 Å².